The number of terminal acetylenes is 1. The molecule has 17 heavy (non-hydrogen) atoms. The van der Waals surface area contributed by atoms with E-state index in [9.17, 15) is 22.9 Å². The summed E-state index contributed by atoms with van der Waals surface area (Å²) in [6.45, 7) is 0. The number of hydrogen-bond acceptors (Lipinski definition) is 4. The highest BCUT2D eigenvalue weighted by molar-refractivity contribution is 5.83. The fraction of sp³-hybridized carbons (Fsp3) is 0.556. The Hall–Kier alpha value is -1.75. The molecule has 0 saturated carbocycles. The molecule has 5 nitrogen and oxygen atoms in total. The summed E-state index contributed by atoms with van der Waals surface area (Å²) in [5, 5.41) is 0. The molecule has 1 heterocycles. The predicted octanol–water partition coefficient (Wildman–Crippen LogP) is -0.0416. The topological polar surface area (TPSA) is 72.6 Å². The molecular weight excluding hydrogens is 241 g/mol. The van der Waals surface area contributed by atoms with Gasteiger partial charge in [-0.15, -0.1) is 6.42 Å². The van der Waals surface area contributed by atoms with E-state index in [0.29, 0.717) is 0 Å². The van der Waals surface area contributed by atoms with Gasteiger partial charge in [-0.2, -0.15) is 8.78 Å². The van der Waals surface area contributed by atoms with Crippen molar-refractivity contribution in [1.82, 2.24) is 4.90 Å². The highest BCUT2D eigenvalue weighted by Gasteiger charge is 2.57. The third kappa shape index (κ3) is 2.19. The molecule has 1 amide bonds. The van der Waals surface area contributed by atoms with Gasteiger partial charge in [-0.3, -0.25) is 4.79 Å². The van der Waals surface area contributed by atoms with Crippen LogP contribution in [-0.2, 0) is 14.5 Å². The summed E-state index contributed by atoms with van der Waals surface area (Å²) >= 11 is 0. The Morgan fingerprint density at radius 1 is 1.47 bits per heavy atom. The lowest BCUT2D eigenvalue weighted by Crippen LogP contribution is -2.56. The van der Waals surface area contributed by atoms with Gasteiger partial charge in [0.05, 0.1) is 12.1 Å². The van der Waals surface area contributed by atoms with Crippen molar-refractivity contribution >= 4 is 11.9 Å². The molecule has 1 aliphatic rings. The highest BCUT2D eigenvalue weighted by Crippen LogP contribution is 2.34. The Morgan fingerprint density at radius 3 is 2.47 bits per heavy atom. The molecule has 94 valence electrons. The molecule has 0 aromatic rings. The van der Waals surface area contributed by atoms with Gasteiger partial charge in [-0.1, -0.05) is 5.92 Å². The second-order valence-corrected chi connectivity index (χ2v) is 3.49. The minimum Gasteiger partial charge on any atom is -0.368 e. The third-order valence-corrected chi connectivity index (χ3v) is 2.55. The summed E-state index contributed by atoms with van der Waals surface area (Å²) in [5.74, 6) is -1.49. The number of amides is 1. The van der Waals surface area contributed by atoms with Crippen LogP contribution in [0, 0.1) is 12.3 Å². The Balaban J connectivity index is 3.09. The van der Waals surface area contributed by atoms with E-state index in [1.165, 1.54) is 0 Å². The fourth-order valence-corrected chi connectivity index (χ4v) is 1.80. The van der Waals surface area contributed by atoms with Crippen molar-refractivity contribution < 1.29 is 27.8 Å². The number of carbonyl (C=O) groups is 2. The normalized spacial score (nSPS) is 25.3. The molecular formula is C9H9F3N2O3. The summed E-state index contributed by atoms with van der Waals surface area (Å²) in [6, 6.07) is -6.94. The van der Waals surface area contributed by atoms with Gasteiger partial charge in [0.25, 0.3) is 0 Å². The van der Waals surface area contributed by atoms with Crippen molar-refractivity contribution in [2.24, 2.45) is 5.73 Å². The van der Waals surface area contributed by atoms with Crippen molar-refractivity contribution in [1.29, 1.82) is 0 Å². The highest BCUT2D eigenvalue weighted by atomic mass is 19.3. The first kappa shape index (κ1) is 13.3. The number of nitrogens with zero attached hydrogens (tertiary/aromatic N) is 1. The second-order valence-electron chi connectivity index (χ2n) is 3.49. The van der Waals surface area contributed by atoms with Crippen LogP contribution in [0.5, 0.6) is 0 Å². The zero-order chi connectivity index (χ0) is 13.2. The van der Waals surface area contributed by atoms with Crippen LogP contribution in [0.1, 0.15) is 12.8 Å². The number of rotatable bonds is 3. The molecule has 0 bridgehead atoms. The van der Waals surface area contributed by atoms with E-state index in [-0.39, 0.29) is 17.7 Å². The predicted molar refractivity (Wildman–Crippen MR) is 48.8 cm³/mol. The van der Waals surface area contributed by atoms with E-state index in [2.05, 4.69) is 4.94 Å². The molecule has 1 aliphatic heterocycles. The number of alkyl halides is 2. The summed E-state index contributed by atoms with van der Waals surface area (Å²) in [6.07, 6.45) is 5.03. The van der Waals surface area contributed by atoms with E-state index in [0.717, 1.165) is 0 Å². The monoisotopic (exact) mass is 250 g/mol. The van der Waals surface area contributed by atoms with Crippen LogP contribution in [-0.4, -0.2) is 34.9 Å². The summed E-state index contributed by atoms with van der Waals surface area (Å²) in [5.41, 5.74) is 4.91. The Morgan fingerprint density at radius 2 is 2.06 bits per heavy atom. The Kier molecular flexibility index (Phi) is 3.63. The number of likely N-dealkylation sites (tertiary alicyclic amines) is 1. The van der Waals surface area contributed by atoms with Crippen LogP contribution < -0.4 is 5.73 Å². The van der Waals surface area contributed by atoms with Gasteiger partial charge in [-0.05, 0) is 12.8 Å². The van der Waals surface area contributed by atoms with Crippen molar-refractivity contribution in [2.45, 2.75) is 31.0 Å². The molecule has 2 atom stereocenters. The van der Waals surface area contributed by atoms with Crippen molar-refractivity contribution in [3.63, 3.8) is 0 Å². The average molecular weight is 250 g/mol. The summed E-state index contributed by atoms with van der Waals surface area (Å²) in [7, 11) is 0. The molecule has 2 N–H and O–H groups in total. The number of halogens is 3. The van der Waals surface area contributed by atoms with E-state index >= 15 is 0 Å². The van der Waals surface area contributed by atoms with E-state index < -0.39 is 30.0 Å². The summed E-state index contributed by atoms with van der Waals surface area (Å²) < 4.78 is 38.5. The van der Waals surface area contributed by atoms with Crippen LogP contribution in [0.25, 0.3) is 0 Å². The molecule has 0 aliphatic carbocycles. The number of primary amides is 1. The maximum atomic E-state index is 13.5. The lowest BCUT2D eigenvalue weighted by molar-refractivity contribution is -0.240. The first-order chi connectivity index (χ1) is 7.86. The van der Waals surface area contributed by atoms with E-state index in [4.69, 9.17) is 12.2 Å². The number of hydrogen-bond donors (Lipinski definition) is 1. The molecule has 1 rings (SSSR count). The zero-order valence-corrected chi connectivity index (χ0v) is 8.53. The van der Waals surface area contributed by atoms with E-state index in [1.807, 2.05) is 5.92 Å². The Labute approximate surface area is 94.6 Å². The minimum atomic E-state index is -4.33. The van der Waals surface area contributed by atoms with Crippen LogP contribution in [0.15, 0.2) is 0 Å². The van der Waals surface area contributed by atoms with Gasteiger partial charge in [0, 0.05) is 4.53 Å². The first-order valence-corrected chi connectivity index (χ1v) is 4.61. The third-order valence-electron chi connectivity index (χ3n) is 2.55. The second kappa shape index (κ2) is 4.63. The van der Waals surface area contributed by atoms with Crippen LogP contribution in [0.4, 0.5) is 13.3 Å². The SMILES string of the molecule is C#CC1CCC(C(N)=O)N1C(F)(F)C(=O)OF. The molecule has 0 aromatic carbocycles. The maximum Gasteiger partial charge on any atom is 0.434 e. The molecule has 0 radical (unpaired) electrons. The lowest BCUT2D eigenvalue weighted by atomic mass is 10.2. The minimum absolute atomic E-state index is 0.0284. The van der Waals surface area contributed by atoms with Crippen molar-refractivity contribution in [3.05, 3.63) is 0 Å². The molecule has 1 fully saturated rings. The van der Waals surface area contributed by atoms with Crippen molar-refractivity contribution in [2.75, 3.05) is 0 Å². The zero-order valence-electron chi connectivity index (χ0n) is 8.53. The van der Waals surface area contributed by atoms with Gasteiger partial charge < -0.3 is 5.73 Å². The van der Waals surface area contributed by atoms with E-state index in [1.54, 1.807) is 0 Å². The lowest BCUT2D eigenvalue weighted by Gasteiger charge is -2.30. The Bertz CT molecular complexity index is 380. The fourth-order valence-electron chi connectivity index (χ4n) is 1.80. The van der Waals surface area contributed by atoms with Crippen LogP contribution in [0.2, 0.25) is 0 Å². The molecule has 0 spiro atoms. The molecule has 1 saturated heterocycles. The largest absolute Gasteiger partial charge is 0.434 e. The molecule has 8 heteroatoms. The summed E-state index contributed by atoms with van der Waals surface area (Å²) in [4.78, 5) is 24.2. The van der Waals surface area contributed by atoms with Gasteiger partial charge in [0.15, 0.2) is 0 Å². The maximum absolute atomic E-state index is 13.5. The standard InChI is InChI=1S/C9H9F3N2O3/c1-2-5-3-4-6(7(13)15)14(5)9(10,11)8(16)17-12/h1,5-6H,3-4H2,(H2,13,15). The van der Waals surface area contributed by atoms with Gasteiger partial charge in [-0.25, -0.2) is 14.6 Å². The quantitative estimate of drug-likeness (QED) is 0.563. The van der Waals surface area contributed by atoms with Gasteiger partial charge >= 0.3 is 12.0 Å². The number of nitrogens with two attached hydrogens (primary N) is 1. The van der Waals surface area contributed by atoms with Gasteiger partial charge in [0.1, 0.15) is 0 Å². The van der Waals surface area contributed by atoms with Gasteiger partial charge in [0.2, 0.25) is 5.91 Å². The van der Waals surface area contributed by atoms with Crippen LogP contribution in [0.3, 0.4) is 0 Å². The molecule has 0 aromatic heterocycles. The van der Waals surface area contributed by atoms with Crippen LogP contribution >= 0.6 is 0 Å². The average Bonchev–Trinajstić information content (AvgIpc) is 2.71. The number of carbonyl (C=O) groups excluding carboxylic acids is 2. The molecule has 2 unspecified atom stereocenters. The smallest absolute Gasteiger partial charge is 0.368 e. The first-order valence-electron chi connectivity index (χ1n) is 4.61. The van der Waals surface area contributed by atoms with Crippen molar-refractivity contribution in [3.8, 4) is 12.3 Å².